The van der Waals surface area contributed by atoms with Crippen molar-refractivity contribution in [2.75, 3.05) is 12.4 Å². The smallest absolute Gasteiger partial charge is 0.325 e. The van der Waals surface area contributed by atoms with Crippen LogP contribution < -0.4 is 10.6 Å². The first-order valence-electron chi connectivity index (χ1n) is 4.96. The van der Waals surface area contributed by atoms with Gasteiger partial charge in [-0.3, -0.25) is 9.59 Å². The van der Waals surface area contributed by atoms with Gasteiger partial charge in [-0.15, -0.1) is 0 Å². The Morgan fingerprint density at radius 1 is 1.41 bits per heavy atom. The number of aliphatic carboxylic acids is 1. The highest BCUT2D eigenvalue weighted by Crippen LogP contribution is 2.21. The molecule has 0 saturated carbocycles. The van der Waals surface area contributed by atoms with Crippen molar-refractivity contribution in [3.8, 4) is 0 Å². The lowest BCUT2D eigenvalue weighted by Gasteiger charge is -2.12. The van der Waals surface area contributed by atoms with Crippen molar-refractivity contribution in [3.63, 3.8) is 0 Å². The van der Waals surface area contributed by atoms with Gasteiger partial charge in [0.1, 0.15) is 6.04 Å². The average molecular weight is 257 g/mol. The summed E-state index contributed by atoms with van der Waals surface area (Å²) in [6.45, 7) is 1.51. The average Bonchev–Trinajstić information content (AvgIpc) is 2.30. The van der Waals surface area contributed by atoms with Gasteiger partial charge >= 0.3 is 5.97 Å². The van der Waals surface area contributed by atoms with Gasteiger partial charge in [-0.05, 0) is 25.1 Å². The summed E-state index contributed by atoms with van der Waals surface area (Å²) in [5.74, 6) is -1.29. The van der Waals surface area contributed by atoms with Gasteiger partial charge in [0.15, 0.2) is 0 Å². The zero-order chi connectivity index (χ0) is 13.0. The summed E-state index contributed by atoms with van der Waals surface area (Å²) in [5, 5.41) is 14.3. The van der Waals surface area contributed by atoms with Gasteiger partial charge in [-0.25, -0.2) is 0 Å². The molecule has 1 rings (SSSR count). The fraction of sp³-hybridized carbons (Fsp3) is 0.273. The molecule has 0 aromatic heterocycles. The van der Waals surface area contributed by atoms with Crippen LogP contribution >= 0.6 is 11.6 Å². The molecule has 1 aromatic carbocycles. The summed E-state index contributed by atoms with van der Waals surface area (Å²) in [6, 6.07) is 3.94. The highest BCUT2D eigenvalue weighted by atomic mass is 35.5. The zero-order valence-corrected chi connectivity index (χ0v) is 10.2. The molecule has 0 aliphatic rings. The van der Waals surface area contributed by atoms with Crippen LogP contribution in [-0.2, 0) is 4.79 Å². The number of carbonyl (C=O) groups is 2. The van der Waals surface area contributed by atoms with Crippen molar-refractivity contribution >= 4 is 29.2 Å². The van der Waals surface area contributed by atoms with Gasteiger partial charge in [0.25, 0.3) is 5.91 Å². The lowest BCUT2D eigenvalue weighted by Crippen LogP contribution is -2.25. The first-order chi connectivity index (χ1) is 7.95. The second-order valence-corrected chi connectivity index (χ2v) is 3.89. The molecule has 1 atom stereocenters. The fourth-order valence-corrected chi connectivity index (χ4v) is 1.44. The van der Waals surface area contributed by atoms with Crippen molar-refractivity contribution in [2.45, 2.75) is 13.0 Å². The first-order valence-corrected chi connectivity index (χ1v) is 5.34. The summed E-state index contributed by atoms with van der Waals surface area (Å²) in [7, 11) is 1.50. The Labute approximate surface area is 104 Å². The molecule has 1 unspecified atom stereocenters. The van der Waals surface area contributed by atoms with Gasteiger partial charge in [-0.1, -0.05) is 11.6 Å². The van der Waals surface area contributed by atoms with Crippen LogP contribution in [0.3, 0.4) is 0 Å². The van der Waals surface area contributed by atoms with Crippen molar-refractivity contribution in [1.29, 1.82) is 0 Å². The predicted molar refractivity (Wildman–Crippen MR) is 65.6 cm³/mol. The number of carboxylic acids is 1. The number of nitrogens with one attached hydrogen (secondary N) is 2. The van der Waals surface area contributed by atoms with Gasteiger partial charge in [-0.2, -0.15) is 0 Å². The van der Waals surface area contributed by atoms with E-state index < -0.39 is 12.0 Å². The molecule has 0 saturated heterocycles. The molecule has 17 heavy (non-hydrogen) atoms. The number of carbonyl (C=O) groups excluding carboxylic acids is 1. The number of hydrogen-bond donors (Lipinski definition) is 3. The van der Waals surface area contributed by atoms with Gasteiger partial charge in [0, 0.05) is 12.7 Å². The summed E-state index contributed by atoms with van der Waals surface area (Å²) in [5.41, 5.74) is 0.833. The molecule has 5 nitrogen and oxygen atoms in total. The number of hydrogen-bond acceptors (Lipinski definition) is 3. The SMILES string of the molecule is CNC(=O)c1cc(NC(C)C(=O)O)ccc1Cl. The molecular weight excluding hydrogens is 244 g/mol. The molecule has 1 aromatic rings. The standard InChI is InChI=1S/C11H13ClN2O3/c1-6(11(16)17)14-7-3-4-9(12)8(5-7)10(15)13-2/h3-6,14H,1-2H3,(H,13,15)(H,16,17). The lowest BCUT2D eigenvalue weighted by atomic mass is 10.1. The van der Waals surface area contributed by atoms with Gasteiger partial charge in [0.05, 0.1) is 10.6 Å². The van der Waals surface area contributed by atoms with E-state index in [2.05, 4.69) is 10.6 Å². The van der Waals surface area contributed by atoms with E-state index in [0.29, 0.717) is 16.3 Å². The fourth-order valence-electron chi connectivity index (χ4n) is 1.24. The second-order valence-electron chi connectivity index (χ2n) is 3.48. The van der Waals surface area contributed by atoms with E-state index in [1.165, 1.54) is 20.0 Å². The second kappa shape index (κ2) is 5.54. The Balaban J connectivity index is 2.96. The van der Waals surface area contributed by atoms with Crippen molar-refractivity contribution in [1.82, 2.24) is 5.32 Å². The quantitative estimate of drug-likeness (QED) is 0.764. The van der Waals surface area contributed by atoms with Crippen molar-refractivity contribution in [3.05, 3.63) is 28.8 Å². The van der Waals surface area contributed by atoms with Crippen LogP contribution in [0.5, 0.6) is 0 Å². The van der Waals surface area contributed by atoms with Crippen LogP contribution in [-0.4, -0.2) is 30.1 Å². The van der Waals surface area contributed by atoms with Gasteiger partial charge in [0.2, 0.25) is 0 Å². The van der Waals surface area contributed by atoms with Crippen LogP contribution in [0.25, 0.3) is 0 Å². The molecule has 1 amide bonds. The third-order valence-corrected chi connectivity index (χ3v) is 2.52. The summed E-state index contributed by atoms with van der Waals surface area (Å²) in [4.78, 5) is 22.1. The molecule has 0 radical (unpaired) electrons. The van der Waals surface area contributed by atoms with Crippen molar-refractivity contribution in [2.24, 2.45) is 0 Å². The van der Waals surface area contributed by atoms with E-state index >= 15 is 0 Å². The van der Waals surface area contributed by atoms with Gasteiger partial charge < -0.3 is 15.7 Å². The van der Waals surface area contributed by atoms with Crippen LogP contribution in [0.2, 0.25) is 5.02 Å². The summed E-state index contributed by atoms with van der Waals surface area (Å²) >= 11 is 5.86. The maximum Gasteiger partial charge on any atom is 0.325 e. The van der Waals surface area contributed by atoms with Crippen LogP contribution in [0, 0.1) is 0 Å². The summed E-state index contributed by atoms with van der Waals surface area (Å²) < 4.78 is 0. The number of halogens is 1. The molecular formula is C11H13ClN2O3. The van der Waals surface area contributed by atoms with E-state index in [1.807, 2.05) is 0 Å². The number of benzene rings is 1. The minimum Gasteiger partial charge on any atom is -0.480 e. The molecule has 3 N–H and O–H groups in total. The zero-order valence-electron chi connectivity index (χ0n) is 9.45. The summed E-state index contributed by atoms with van der Waals surface area (Å²) in [6.07, 6.45) is 0. The Kier molecular flexibility index (Phi) is 4.34. The largest absolute Gasteiger partial charge is 0.480 e. The van der Waals surface area contributed by atoms with E-state index in [0.717, 1.165) is 0 Å². The van der Waals surface area contributed by atoms with E-state index in [1.54, 1.807) is 12.1 Å². The van der Waals surface area contributed by atoms with E-state index in [-0.39, 0.29) is 5.91 Å². The van der Waals surface area contributed by atoms with Crippen molar-refractivity contribution < 1.29 is 14.7 Å². The number of rotatable bonds is 4. The van der Waals surface area contributed by atoms with Crippen LogP contribution in [0.15, 0.2) is 18.2 Å². The molecule has 0 aliphatic heterocycles. The Bertz CT molecular complexity index is 448. The molecule has 0 heterocycles. The highest BCUT2D eigenvalue weighted by molar-refractivity contribution is 6.34. The van der Waals surface area contributed by atoms with Crippen LogP contribution in [0.1, 0.15) is 17.3 Å². The normalized spacial score (nSPS) is 11.7. The van der Waals surface area contributed by atoms with E-state index in [4.69, 9.17) is 16.7 Å². The number of amides is 1. The Hall–Kier alpha value is -1.75. The first kappa shape index (κ1) is 13.3. The monoisotopic (exact) mass is 256 g/mol. The minimum atomic E-state index is -0.971. The maximum absolute atomic E-state index is 11.5. The molecule has 92 valence electrons. The molecule has 6 heteroatoms. The maximum atomic E-state index is 11.5. The molecule has 0 aliphatic carbocycles. The number of carboxylic acid groups (broad SMARTS) is 1. The van der Waals surface area contributed by atoms with Crippen LogP contribution in [0.4, 0.5) is 5.69 Å². The minimum absolute atomic E-state index is 0.303. The highest BCUT2D eigenvalue weighted by Gasteiger charge is 2.13. The molecule has 0 fully saturated rings. The molecule has 0 spiro atoms. The molecule has 0 bridgehead atoms. The Morgan fingerprint density at radius 2 is 2.06 bits per heavy atom. The third kappa shape index (κ3) is 3.35. The number of anilines is 1. The topological polar surface area (TPSA) is 78.4 Å². The lowest BCUT2D eigenvalue weighted by molar-refractivity contribution is -0.137. The predicted octanol–water partition coefficient (Wildman–Crippen LogP) is 1.58. The Morgan fingerprint density at radius 3 is 2.59 bits per heavy atom. The third-order valence-electron chi connectivity index (χ3n) is 2.19. The van der Waals surface area contributed by atoms with E-state index in [9.17, 15) is 9.59 Å².